The Morgan fingerprint density at radius 3 is 2.69 bits per heavy atom. The second-order valence-corrected chi connectivity index (χ2v) is 3.95. The van der Waals surface area contributed by atoms with Crippen molar-refractivity contribution in [3.8, 4) is 5.75 Å². The van der Waals surface area contributed by atoms with E-state index >= 15 is 0 Å². The van der Waals surface area contributed by atoms with Gasteiger partial charge in [-0.25, -0.2) is 4.98 Å². The molecule has 4 nitrogen and oxygen atoms in total. The van der Waals surface area contributed by atoms with Crippen molar-refractivity contribution < 1.29 is 9.47 Å². The van der Waals surface area contributed by atoms with Gasteiger partial charge in [0.1, 0.15) is 17.3 Å². The third-order valence-corrected chi connectivity index (χ3v) is 2.00. The van der Waals surface area contributed by atoms with Crippen LogP contribution in [0, 0.1) is 0 Å². The molecular formula is C11H16N2O2S. The first-order valence-corrected chi connectivity index (χ1v) is 5.50. The fraction of sp³-hybridized carbons (Fsp3) is 0.455. The molecule has 5 heteroatoms. The van der Waals surface area contributed by atoms with Gasteiger partial charge >= 0.3 is 0 Å². The average Bonchev–Trinajstić information content (AvgIpc) is 2.25. The number of thiocarbonyl (C=S) groups is 1. The van der Waals surface area contributed by atoms with Crippen molar-refractivity contribution in [2.24, 2.45) is 5.73 Å². The maximum absolute atomic E-state index is 5.43. The molecule has 0 amide bonds. The first-order chi connectivity index (χ1) is 7.59. The minimum atomic E-state index is 0.221. The monoisotopic (exact) mass is 240 g/mol. The van der Waals surface area contributed by atoms with Crippen LogP contribution in [0.2, 0.25) is 0 Å². The maximum atomic E-state index is 5.43. The lowest BCUT2D eigenvalue weighted by Crippen LogP contribution is -2.13. The first kappa shape index (κ1) is 12.9. The maximum Gasteiger partial charge on any atom is 0.137 e. The normalized spacial score (nSPS) is 10.4. The van der Waals surface area contributed by atoms with Crippen LogP contribution < -0.4 is 10.5 Å². The molecule has 0 atom stereocenters. The number of rotatable bonds is 6. The Morgan fingerprint density at radius 1 is 1.44 bits per heavy atom. The van der Waals surface area contributed by atoms with Crippen molar-refractivity contribution >= 4 is 17.2 Å². The zero-order valence-electron chi connectivity index (χ0n) is 9.47. The summed E-state index contributed by atoms with van der Waals surface area (Å²) in [6.45, 7) is 5.04. The Balaban J connectivity index is 2.35. The lowest BCUT2D eigenvalue weighted by atomic mass is 10.3. The number of pyridine rings is 1. The third kappa shape index (κ3) is 4.55. The van der Waals surface area contributed by atoms with E-state index in [2.05, 4.69) is 4.98 Å². The Kier molecular flexibility index (Phi) is 5.14. The molecule has 1 aromatic heterocycles. The molecule has 1 aromatic rings. The number of aromatic nitrogens is 1. The number of ether oxygens (including phenoxy) is 2. The molecule has 1 rings (SSSR count). The topological polar surface area (TPSA) is 57.4 Å². The van der Waals surface area contributed by atoms with E-state index in [1.807, 2.05) is 13.8 Å². The highest BCUT2D eigenvalue weighted by atomic mass is 32.1. The Morgan fingerprint density at radius 2 is 2.19 bits per heavy atom. The molecule has 0 saturated heterocycles. The molecule has 16 heavy (non-hydrogen) atoms. The van der Waals surface area contributed by atoms with Gasteiger partial charge in [0.25, 0.3) is 0 Å². The van der Waals surface area contributed by atoms with E-state index in [-0.39, 0.29) is 11.1 Å². The van der Waals surface area contributed by atoms with Crippen LogP contribution in [0.15, 0.2) is 18.3 Å². The predicted molar refractivity (Wildman–Crippen MR) is 66.7 cm³/mol. The van der Waals surface area contributed by atoms with Crippen molar-refractivity contribution in [1.82, 2.24) is 4.98 Å². The number of hydrogen-bond donors (Lipinski definition) is 1. The highest BCUT2D eigenvalue weighted by molar-refractivity contribution is 7.80. The predicted octanol–water partition coefficient (Wildman–Crippen LogP) is 1.52. The Hall–Kier alpha value is -1.20. The SMILES string of the molecule is CC(C)OCCOc1ccc(C(N)=S)nc1. The van der Waals surface area contributed by atoms with Gasteiger partial charge in [-0.2, -0.15) is 0 Å². The summed E-state index contributed by atoms with van der Waals surface area (Å²) >= 11 is 4.79. The van der Waals surface area contributed by atoms with Crippen LogP contribution >= 0.6 is 12.2 Å². The van der Waals surface area contributed by atoms with Crippen LogP contribution in [0.3, 0.4) is 0 Å². The summed E-state index contributed by atoms with van der Waals surface area (Å²) in [6, 6.07) is 3.53. The molecular weight excluding hydrogens is 224 g/mol. The van der Waals surface area contributed by atoms with Crippen LogP contribution in [0.5, 0.6) is 5.75 Å². The summed E-state index contributed by atoms with van der Waals surface area (Å²) in [6.07, 6.45) is 1.82. The second-order valence-electron chi connectivity index (χ2n) is 3.51. The molecule has 0 radical (unpaired) electrons. The molecule has 0 aliphatic heterocycles. The molecule has 0 spiro atoms. The smallest absolute Gasteiger partial charge is 0.137 e. The van der Waals surface area contributed by atoms with E-state index < -0.39 is 0 Å². The van der Waals surface area contributed by atoms with Gasteiger partial charge in [0.15, 0.2) is 0 Å². The number of nitrogens with zero attached hydrogens (tertiary/aromatic N) is 1. The van der Waals surface area contributed by atoms with Gasteiger partial charge in [0.2, 0.25) is 0 Å². The van der Waals surface area contributed by atoms with Gasteiger partial charge in [-0.1, -0.05) is 12.2 Å². The van der Waals surface area contributed by atoms with Crippen LogP contribution in [-0.2, 0) is 4.74 Å². The molecule has 88 valence electrons. The third-order valence-electron chi connectivity index (χ3n) is 1.79. The lowest BCUT2D eigenvalue weighted by Gasteiger charge is -2.09. The number of hydrogen-bond acceptors (Lipinski definition) is 4. The average molecular weight is 240 g/mol. The molecule has 0 unspecified atom stereocenters. The van der Waals surface area contributed by atoms with Crippen molar-refractivity contribution in [2.45, 2.75) is 20.0 Å². The summed E-state index contributed by atoms with van der Waals surface area (Å²) in [5, 5.41) is 0. The van der Waals surface area contributed by atoms with Gasteiger partial charge in [-0.15, -0.1) is 0 Å². The summed E-state index contributed by atoms with van der Waals surface area (Å²) in [5.41, 5.74) is 6.02. The second kappa shape index (κ2) is 6.40. The minimum absolute atomic E-state index is 0.221. The van der Waals surface area contributed by atoms with E-state index in [0.717, 1.165) is 0 Å². The van der Waals surface area contributed by atoms with E-state index in [9.17, 15) is 0 Å². The molecule has 2 N–H and O–H groups in total. The van der Waals surface area contributed by atoms with Crippen LogP contribution in [0.1, 0.15) is 19.5 Å². The molecule has 0 fully saturated rings. The highest BCUT2D eigenvalue weighted by Crippen LogP contribution is 2.08. The van der Waals surface area contributed by atoms with Crippen LogP contribution in [-0.4, -0.2) is 29.3 Å². The lowest BCUT2D eigenvalue weighted by molar-refractivity contribution is 0.0552. The van der Waals surface area contributed by atoms with E-state index in [1.54, 1.807) is 18.3 Å². The van der Waals surface area contributed by atoms with Crippen LogP contribution in [0.25, 0.3) is 0 Å². The van der Waals surface area contributed by atoms with Gasteiger partial charge in [0.05, 0.1) is 24.6 Å². The van der Waals surface area contributed by atoms with Crippen molar-refractivity contribution in [2.75, 3.05) is 13.2 Å². The zero-order chi connectivity index (χ0) is 12.0. The van der Waals surface area contributed by atoms with Crippen molar-refractivity contribution in [3.63, 3.8) is 0 Å². The van der Waals surface area contributed by atoms with Gasteiger partial charge in [-0.05, 0) is 26.0 Å². The molecule has 1 heterocycles. The van der Waals surface area contributed by atoms with Crippen molar-refractivity contribution in [3.05, 3.63) is 24.0 Å². The summed E-state index contributed by atoms with van der Waals surface area (Å²) < 4.78 is 10.8. The standard InChI is InChI=1S/C11H16N2O2S/c1-8(2)14-5-6-15-9-3-4-10(11(12)16)13-7-9/h3-4,7-8H,5-6H2,1-2H3,(H2,12,16). The molecule has 0 aliphatic rings. The quantitative estimate of drug-likeness (QED) is 0.603. The summed E-state index contributed by atoms with van der Waals surface area (Å²) in [4.78, 5) is 4.35. The van der Waals surface area contributed by atoms with Gasteiger partial charge < -0.3 is 15.2 Å². The number of nitrogens with two attached hydrogens (primary N) is 1. The zero-order valence-corrected chi connectivity index (χ0v) is 10.3. The van der Waals surface area contributed by atoms with Gasteiger partial charge in [0, 0.05) is 0 Å². The Bertz CT molecular complexity index is 338. The van der Waals surface area contributed by atoms with E-state index in [1.165, 1.54) is 0 Å². The van der Waals surface area contributed by atoms with Crippen molar-refractivity contribution in [1.29, 1.82) is 0 Å². The van der Waals surface area contributed by atoms with E-state index in [0.29, 0.717) is 24.7 Å². The molecule has 0 aliphatic carbocycles. The van der Waals surface area contributed by atoms with E-state index in [4.69, 9.17) is 27.4 Å². The fourth-order valence-corrected chi connectivity index (χ4v) is 1.18. The summed E-state index contributed by atoms with van der Waals surface area (Å²) in [5.74, 6) is 0.687. The largest absolute Gasteiger partial charge is 0.490 e. The fourth-order valence-electron chi connectivity index (χ4n) is 1.05. The Labute approximate surface area is 101 Å². The molecule has 0 saturated carbocycles. The molecule has 0 aromatic carbocycles. The van der Waals surface area contributed by atoms with Gasteiger partial charge in [-0.3, -0.25) is 0 Å². The highest BCUT2D eigenvalue weighted by Gasteiger charge is 1.99. The summed E-state index contributed by atoms with van der Waals surface area (Å²) in [7, 11) is 0. The molecule has 0 bridgehead atoms. The first-order valence-electron chi connectivity index (χ1n) is 5.10. The minimum Gasteiger partial charge on any atom is -0.490 e. The van der Waals surface area contributed by atoms with Crippen LogP contribution in [0.4, 0.5) is 0 Å².